The normalized spacial score (nSPS) is 20.8. The Morgan fingerprint density at radius 1 is 1.32 bits per heavy atom. The number of aromatic nitrogens is 2. The average Bonchev–Trinajstić information content (AvgIpc) is 2.59. The van der Waals surface area contributed by atoms with Gasteiger partial charge in [0.1, 0.15) is 0 Å². The van der Waals surface area contributed by atoms with Gasteiger partial charge in [0.05, 0.1) is 24.4 Å². The largest absolute Gasteiger partial charge is 0.393 e. The summed E-state index contributed by atoms with van der Waals surface area (Å²) in [5.41, 5.74) is 1.92. The molecule has 2 aromatic rings. The van der Waals surface area contributed by atoms with Gasteiger partial charge in [0.25, 0.3) is 0 Å². The lowest BCUT2D eigenvalue weighted by Crippen LogP contribution is -2.44. The van der Waals surface area contributed by atoms with Crippen molar-refractivity contribution < 1.29 is 9.90 Å². The first-order valence-corrected chi connectivity index (χ1v) is 8.57. The topological polar surface area (TPSA) is 78.4 Å². The lowest BCUT2D eigenvalue weighted by atomic mass is 9.76. The van der Waals surface area contributed by atoms with Crippen molar-refractivity contribution in [1.29, 1.82) is 0 Å². The Hall–Kier alpha value is -2.31. The van der Waals surface area contributed by atoms with Crippen molar-refractivity contribution in [1.82, 2.24) is 20.2 Å². The summed E-state index contributed by atoms with van der Waals surface area (Å²) in [7, 11) is 1.91. The molecule has 2 N–H and O–H groups in total. The van der Waals surface area contributed by atoms with E-state index in [1.165, 1.54) is 0 Å². The van der Waals surface area contributed by atoms with Gasteiger partial charge < -0.3 is 10.4 Å². The van der Waals surface area contributed by atoms with Gasteiger partial charge in [-0.05, 0) is 49.6 Å². The second-order valence-electron chi connectivity index (χ2n) is 6.72. The number of pyridine rings is 2. The maximum absolute atomic E-state index is 12.5. The highest BCUT2D eigenvalue weighted by molar-refractivity contribution is 5.78. The summed E-state index contributed by atoms with van der Waals surface area (Å²) in [6.45, 7) is 0.963. The van der Waals surface area contributed by atoms with Crippen LogP contribution < -0.4 is 5.32 Å². The zero-order valence-corrected chi connectivity index (χ0v) is 14.4. The average molecular weight is 340 g/mol. The van der Waals surface area contributed by atoms with Crippen molar-refractivity contribution in [2.45, 2.75) is 31.5 Å². The first kappa shape index (κ1) is 17.5. The Labute approximate surface area is 147 Å². The molecule has 25 heavy (non-hydrogen) atoms. The van der Waals surface area contributed by atoms with Crippen molar-refractivity contribution in [3.05, 3.63) is 60.2 Å². The van der Waals surface area contributed by atoms with Crippen LogP contribution in [0, 0.1) is 5.92 Å². The van der Waals surface area contributed by atoms with Gasteiger partial charge in [-0.15, -0.1) is 0 Å². The molecule has 1 fully saturated rings. The van der Waals surface area contributed by atoms with E-state index in [9.17, 15) is 9.90 Å². The third kappa shape index (κ3) is 4.84. The molecule has 2 aromatic heterocycles. The zero-order chi connectivity index (χ0) is 17.6. The number of nitrogens with one attached hydrogen (secondary N) is 1. The number of aliphatic hydroxyl groups is 1. The summed E-state index contributed by atoms with van der Waals surface area (Å²) >= 11 is 0. The van der Waals surface area contributed by atoms with Crippen LogP contribution in [0.25, 0.3) is 0 Å². The van der Waals surface area contributed by atoms with Gasteiger partial charge in [0.15, 0.2) is 0 Å². The van der Waals surface area contributed by atoms with Gasteiger partial charge in [0.2, 0.25) is 5.91 Å². The molecular formula is C19H24N4O2. The Morgan fingerprint density at radius 3 is 2.80 bits per heavy atom. The first-order chi connectivity index (χ1) is 12.1. The van der Waals surface area contributed by atoms with Crippen LogP contribution in [0.5, 0.6) is 0 Å². The van der Waals surface area contributed by atoms with E-state index in [4.69, 9.17) is 0 Å². The smallest absolute Gasteiger partial charge is 0.234 e. The molecule has 0 saturated heterocycles. The molecule has 0 spiro atoms. The number of nitrogens with zero attached hydrogens (tertiary/aromatic N) is 3. The molecule has 132 valence electrons. The van der Waals surface area contributed by atoms with E-state index < -0.39 is 0 Å². The van der Waals surface area contributed by atoms with Gasteiger partial charge in [-0.3, -0.25) is 19.7 Å². The van der Waals surface area contributed by atoms with Crippen molar-refractivity contribution >= 4 is 5.91 Å². The van der Waals surface area contributed by atoms with Gasteiger partial charge in [-0.2, -0.15) is 0 Å². The third-order valence-corrected chi connectivity index (χ3v) is 4.53. The summed E-state index contributed by atoms with van der Waals surface area (Å²) in [5, 5.41) is 12.7. The summed E-state index contributed by atoms with van der Waals surface area (Å²) in [4.78, 5) is 22.9. The van der Waals surface area contributed by atoms with Crippen LogP contribution in [0.2, 0.25) is 0 Å². The molecule has 0 aromatic carbocycles. The van der Waals surface area contributed by atoms with E-state index in [2.05, 4.69) is 15.3 Å². The van der Waals surface area contributed by atoms with E-state index in [0.29, 0.717) is 25.9 Å². The van der Waals surface area contributed by atoms with Crippen LogP contribution in [-0.4, -0.2) is 45.6 Å². The maximum atomic E-state index is 12.5. The van der Waals surface area contributed by atoms with E-state index in [1.807, 2.05) is 42.3 Å². The number of amides is 1. The highest BCUT2D eigenvalue weighted by atomic mass is 16.3. The molecular weight excluding hydrogens is 316 g/mol. The first-order valence-electron chi connectivity index (χ1n) is 8.57. The summed E-state index contributed by atoms with van der Waals surface area (Å²) in [5.74, 6) is 0.195. The molecule has 1 aliphatic carbocycles. The van der Waals surface area contributed by atoms with Crippen molar-refractivity contribution in [2.24, 2.45) is 5.92 Å². The van der Waals surface area contributed by atoms with E-state index in [-0.39, 0.29) is 24.0 Å². The Morgan fingerprint density at radius 2 is 2.16 bits per heavy atom. The predicted molar refractivity (Wildman–Crippen MR) is 94.4 cm³/mol. The highest BCUT2D eigenvalue weighted by Gasteiger charge is 2.36. The molecule has 6 nitrogen and oxygen atoms in total. The van der Waals surface area contributed by atoms with Crippen LogP contribution in [0.4, 0.5) is 0 Å². The van der Waals surface area contributed by atoms with Crippen LogP contribution in [0.15, 0.2) is 48.9 Å². The van der Waals surface area contributed by atoms with Gasteiger partial charge in [-0.1, -0.05) is 12.1 Å². The third-order valence-electron chi connectivity index (χ3n) is 4.53. The molecule has 1 aliphatic rings. The number of hydrogen-bond acceptors (Lipinski definition) is 5. The summed E-state index contributed by atoms with van der Waals surface area (Å²) in [6, 6.07) is 9.44. The minimum Gasteiger partial charge on any atom is -0.393 e. The molecule has 0 radical (unpaired) electrons. The maximum Gasteiger partial charge on any atom is 0.234 e. The predicted octanol–water partition coefficient (Wildman–Crippen LogP) is 1.54. The fourth-order valence-corrected chi connectivity index (χ4v) is 3.22. The molecule has 2 heterocycles. The second-order valence-corrected chi connectivity index (χ2v) is 6.72. The van der Waals surface area contributed by atoms with Crippen LogP contribution in [-0.2, 0) is 11.3 Å². The lowest BCUT2D eigenvalue weighted by Gasteiger charge is -2.38. The minimum absolute atomic E-state index is 0.0385. The van der Waals surface area contributed by atoms with Crippen LogP contribution in [0.1, 0.15) is 30.1 Å². The van der Waals surface area contributed by atoms with Gasteiger partial charge >= 0.3 is 0 Å². The van der Waals surface area contributed by atoms with E-state index in [1.54, 1.807) is 18.6 Å². The zero-order valence-electron chi connectivity index (χ0n) is 14.4. The molecule has 3 rings (SSSR count). The summed E-state index contributed by atoms with van der Waals surface area (Å²) in [6.07, 6.45) is 6.42. The fraction of sp³-hybridized carbons (Fsp3) is 0.421. The highest BCUT2D eigenvalue weighted by Crippen LogP contribution is 2.37. The number of aliphatic hydroxyl groups excluding tert-OH is 1. The van der Waals surface area contributed by atoms with Crippen molar-refractivity contribution in [3.63, 3.8) is 0 Å². The molecule has 0 aliphatic heterocycles. The van der Waals surface area contributed by atoms with Gasteiger partial charge in [-0.25, -0.2) is 0 Å². The van der Waals surface area contributed by atoms with Crippen molar-refractivity contribution in [2.75, 3.05) is 13.6 Å². The number of hydrogen-bond donors (Lipinski definition) is 2. The molecule has 1 saturated carbocycles. The number of likely N-dealkylation sites (N-methyl/N-ethyl adjacent to an activating group) is 1. The monoisotopic (exact) mass is 340 g/mol. The summed E-state index contributed by atoms with van der Waals surface area (Å²) < 4.78 is 0. The minimum atomic E-state index is -0.263. The standard InChI is InChI=1S/C19H24N4O2/c1-23(12-14-5-4-7-20-11-14)13-18(25)22-19(15-9-16(24)10-15)17-6-2-3-8-21-17/h2-8,11,15-16,19,24H,9-10,12-13H2,1H3,(H,22,25). The Kier molecular flexibility index (Phi) is 5.73. The Bertz CT molecular complexity index is 674. The Balaban J connectivity index is 1.58. The number of rotatable bonds is 7. The molecule has 1 unspecified atom stereocenters. The fourth-order valence-electron chi connectivity index (χ4n) is 3.22. The van der Waals surface area contributed by atoms with Crippen LogP contribution in [0.3, 0.4) is 0 Å². The SMILES string of the molecule is CN(CC(=O)NC(c1ccccn1)C1CC(O)C1)Cc1cccnc1. The molecule has 0 bridgehead atoms. The molecule has 6 heteroatoms. The van der Waals surface area contributed by atoms with Crippen LogP contribution >= 0.6 is 0 Å². The van der Waals surface area contributed by atoms with Crippen molar-refractivity contribution in [3.8, 4) is 0 Å². The second kappa shape index (κ2) is 8.18. The van der Waals surface area contributed by atoms with Gasteiger partial charge in [0, 0.05) is 25.1 Å². The van der Waals surface area contributed by atoms with E-state index in [0.717, 1.165) is 11.3 Å². The molecule has 1 amide bonds. The quantitative estimate of drug-likeness (QED) is 0.799. The number of carbonyl (C=O) groups is 1. The number of carbonyl (C=O) groups excluding carboxylic acids is 1. The molecule has 1 atom stereocenters. The van der Waals surface area contributed by atoms with E-state index >= 15 is 0 Å². The lowest BCUT2D eigenvalue weighted by molar-refractivity contribution is -0.124.